The van der Waals surface area contributed by atoms with E-state index in [9.17, 15) is 0 Å². The highest BCUT2D eigenvalue weighted by Crippen LogP contribution is 2.21. The van der Waals surface area contributed by atoms with E-state index in [4.69, 9.17) is 0 Å². The van der Waals surface area contributed by atoms with Crippen molar-refractivity contribution in [2.45, 2.75) is 20.8 Å². The first-order chi connectivity index (χ1) is 9.09. The molecule has 1 heterocycles. The lowest BCUT2D eigenvalue weighted by Gasteiger charge is -2.08. The fourth-order valence-electron chi connectivity index (χ4n) is 1.99. The van der Waals surface area contributed by atoms with Gasteiger partial charge in [-0.05, 0) is 48.4 Å². The molecule has 0 radical (unpaired) electrons. The number of rotatable bonds is 2. The minimum atomic E-state index is 1.03. The Morgan fingerprint density at radius 1 is 1.11 bits per heavy atom. The topological polar surface area (TPSA) is 25.8 Å². The zero-order valence-corrected chi connectivity index (χ0v) is 11.6. The van der Waals surface area contributed by atoms with Crippen LogP contribution in [0.2, 0.25) is 0 Å². The highest BCUT2D eigenvalue weighted by Gasteiger charge is 2.04. The zero-order valence-electron chi connectivity index (χ0n) is 11.6. The molecule has 0 N–H and O–H groups in total. The van der Waals surface area contributed by atoms with Crippen molar-refractivity contribution in [2.24, 2.45) is 0 Å². The minimum absolute atomic E-state index is 1.03. The van der Waals surface area contributed by atoms with E-state index >= 15 is 0 Å². The molecule has 0 fully saturated rings. The normalized spacial score (nSPS) is 11.4. The van der Waals surface area contributed by atoms with E-state index in [1.165, 1.54) is 11.1 Å². The Kier molecular flexibility index (Phi) is 3.91. The summed E-state index contributed by atoms with van der Waals surface area (Å²) in [5.41, 5.74) is 4.69. The number of allylic oxidation sites excluding steroid dienone is 2. The van der Waals surface area contributed by atoms with Crippen molar-refractivity contribution in [3.05, 3.63) is 63.8 Å². The summed E-state index contributed by atoms with van der Waals surface area (Å²) in [5.74, 6) is 0. The fraction of sp³-hybridized carbons (Fsp3) is 0.176. The maximum absolute atomic E-state index is 4.07. The number of hydrogen-bond donors (Lipinski definition) is 0. The second-order valence-corrected chi connectivity index (χ2v) is 4.84. The van der Waals surface area contributed by atoms with Crippen LogP contribution in [0.1, 0.15) is 25.0 Å². The van der Waals surface area contributed by atoms with Crippen LogP contribution in [-0.2, 0) is 0 Å². The summed E-state index contributed by atoms with van der Waals surface area (Å²) >= 11 is 0. The van der Waals surface area contributed by atoms with Crippen molar-refractivity contribution in [1.82, 2.24) is 10.2 Å². The summed E-state index contributed by atoms with van der Waals surface area (Å²) in [6.45, 7) is 10.3. The van der Waals surface area contributed by atoms with Gasteiger partial charge in [-0.2, -0.15) is 10.2 Å². The Morgan fingerprint density at radius 3 is 2.42 bits per heavy atom. The van der Waals surface area contributed by atoms with Gasteiger partial charge in [0.25, 0.3) is 0 Å². The summed E-state index contributed by atoms with van der Waals surface area (Å²) in [4.78, 5) is 0. The Bertz CT molecular complexity index is 723. The van der Waals surface area contributed by atoms with Crippen LogP contribution < -0.4 is 10.4 Å². The molecule has 0 bridgehead atoms. The highest BCUT2D eigenvalue weighted by atomic mass is 15.1. The van der Waals surface area contributed by atoms with E-state index in [1.807, 2.05) is 24.4 Å². The highest BCUT2D eigenvalue weighted by molar-refractivity contribution is 5.90. The van der Waals surface area contributed by atoms with Crippen molar-refractivity contribution >= 4 is 18.2 Å². The molecule has 0 saturated heterocycles. The SMILES string of the molecule is C=c1cccc/c1=C/C(=C(C)C)c1cnncc1C. The largest absolute Gasteiger partial charge is 0.159 e. The van der Waals surface area contributed by atoms with Crippen molar-refractivity contribution in [3.63, 3.8) is 0 Å². The first-order valence-corrected chi connectivity index (χ1v) is 6.30. The minimum Gasteiger partial charge on any atom is -0.159 e. The summed E-state index contributed by atoms with van der Waals surface area (Å²) in [6.07, 6.45) is 5.78. The molecular weight excluding hydrogens is 232 g/mol. The number of benzene rings is 1. The molecule has 19 heavy (non-hydrogen) atoms. The van der Waals surface area contributed by atoms with E-state index in [0.29, 0.717) is 0 Å². The number of hydrogen-bond acceptors (Lipinski definition) is 2. The van der Waals surface area contributed by atoms with Crippen molar-refractivity contribution in [2.75, 3.05) is 0 Å². The van der Waals surface area contributed by atoms with Crippen molar-refractivity contribution in [1.29, 1.82) is 0 Å². The van der Waals surface area contributed by atoms with Crippen LogP contribution in [0.3, 0.4) is 0 Å². The van der Waals surface area contributed by atoms with Crippen LogP contribution in [0.25, 0.3) is 18.2 Å². The number of aromatic nitrogens is 2. The molecular formula is C17H18N2. The molecule has 2 aromatic rings. The molecule has 0 aliphatic heterocycles. The summed E-state index contributed by atoms with van der Waals surface area (Å²) in [6, 6.07) is 8.13. The third-order valence-corrected chi connectivity index (χ3v) is 3.11. The molecule has 0 aliphatic carbocycles. The van der Waals surface area contributed by atoms with Crippen LogP contribution in [0.4, 0.5) is 0 Å². The van der Waals surface area contributed by atoms with Crippen LogP contribution >= 0.6 is 0 Å². The van der Waals surface area contributed by atoms with Gasteiger partial charge < -0.3 is 0 Å². The summed E-state index contributed by atoms with van der Waals surface area (Å²) < 4.78 is 0. The van der Waals surface area contributed by atoms with E-state index in [0.717, 1.165) is 21.6 Å². The monoisotopic (exact) mass is 250 g/mol. The van der Waals surface area contributed by atoms with Crippen molar-refractivity contribution in [3.8, 4) is 0 Å². The second-order valence-electron chi connectivity index (χ2n) is 4.84. The first kappa shape index (κ1) is 13.2. The number of aryl methyl sites for hydroxylation is 1. The average molecular weight is 250 g/mol. The van der Waals surface area contributed by atoms with Gasteiger partial charge in [0, 0.05) is 5.56 Å². The predicted octanol–water partition coefficient (Wildman–Crippen LogP) is 2.47. The van der Waals surface area contributed by atoms with E-state index < -0.39 is 0 Å². The van der Waals surface area contributed by atoms with Gasteiger partial charge in [0.2, 0.25) is 0 Å². The van der Waals surface area contributed by atoms with Crippen LogP contribution in [0.15, 0.2) is 42.2 Å². The van der Waals surface area contributed by atoms with Crippen LogP contribution in [0.5, 0.6) is 0 Å². The molecule has 2 heteroatoms. The summed E-state index contributed by atoms with van der Waals surface area (Å²) in [7, 11) is 0. The number of nitrogens with zero attached hydrogens (tertiary/aromatic N) is 2. The molecule has 1 aromatic carbocycles. The summed E-state index contributed by atoms with van der Waals surface area (Å²) in [5, 5.41) is 10.1. The lowest BCUT2D eigenvalue weighted by Crippen LogP contribution is -2.22. The average Bonchev–Trinajstić information content (AvgIpc) is 2.38. The molecule has 2 rings (SSSR count). The van der Waals surface area contributed by atoms with Crippen molar-refractivity contribution < 1.29 is 0 Å². The van der Waals surface area contributed by atoms with Crippen LogP contribution in [0, 0.1) is 6.92 Å². The molecule has 0 amide bonds. The van der Waals surface area contributed by atoms with E-state index in [-0.39, 0.29) is 0 Å². The standard InChI is InChI=1S/C17H18N2/c1-12(2)16(17-11-19-18-10-14(17)4)9-15-8-6-5-7-13(15)3/h5-11H,3H2,1-2,4H3/b15-9-. The van der Waals surface area contributed by atoms with Gasteiger partial charge in [-0.1, -0.05) is 36.4 Å². The molecule has 0 saturated carbocycles. The van der Waals surface area contributed by atoms with E-state index in [1.54, 1.807) is 6.20 Å². The van der Waals surface area contributed by atoms with Gasteiger partial charge in [-0.15, -0.1) is 0 Å². The molecule has 2 nitrogen and oxygen atoms in total. The lowest BCUT2D eigenvalue weighted by atomic mass is 9.98. The second kappa shape index (κ2) is 5.61. The van der Waals surface area contributed by atoms with Gasteiger partial charge in [-0.3, -0.25) is 0 Å². The maximum Gasteiger partial charge on any atom is 0.0577 e. The lowest BCUT2D eigenvalue weighted by molar-refractivity contribution is 1.01. The quantitative estimate of drug-likeness (QED) is 0.818. The third-order valence-electron chi connectivity index (χ3n) is 3.11. The molecule has 0 atom stereocenters. The van der Waals surface area contributed by atoms with E-state index in [2.05, 4.69) is 49.7 Å². The Balaban J connectivity index is 2.67. The molecule has 0 aliphatic rings. The van der Waals surface area contributed by atoms with Crippen LogP contribution in [-0.4, -0.2) is 10.2 Å². The van der Waals surface area contributed by atoms with Gasteiger partial charge >= 0.3 is 0 Å². The maximum atomic E-state index is 4.07. The third kappa shape index (κ3) is 2.97. The predicted molar refractivity (Wildman–Crippen MR) is 80.7 cm³/mol. The molecule has 0 unspecified atom stereocenters. The Morgan fingerprint density at radius 2 is 1.79 bits per heavy atom. The molecule has 1 aromatic heterocycles. The Labute approximate surface area is 113 Å². The smallest absolute Gasteiger partial charge is 0.0577 e. The van der Waals surface area contributed by atoms with Gasteiger partial charge in [-0.25, -0.2) is 0 Å². The first-order valence-electron chi connectivity index (χ1n) is 6.30. The van der Waals surface area contributed by atoms with Gasteiger partial charge in [0.05, 0.1) is 12.4 Å². The Hall–Kier alpha value is -2.22. The van der Waals surface area contributed by atoms with Gasteiger partial charge in [0.15, 0.2) is 0 Å². The fourth-order valence-corrected chi connectivity index (χ4v) is 1.99. The molecule has 0 spiro atoms. The zero-order chi connectivity index (χ0) is 13.8. The van der Waals surface area contributed by atoms with Gasteiger partial charge in [0.1, 0.15) is 0 Å². The molecule has 96 valence electrons.